The number of amides is 2. The third kappa shape index (κ3) is 3.76. The van der Waals surface area contributed by atoms with E-state index in [0.29, 0.717) is 12.1 Å². The molecule has 1 aromatic rings. The number of carbonyl (C=O) groups is 2. The maximum atomic E-state index is 11.6. The minimum Gasteiger partial charge on any atom is -0.480 e. The summed E-state index contributed by atoms with van der Waals surface area (Å²) < 4.78 is 1.54. The molecule has 7 heteroatoms. The van der Waals surface area contributed by atoms with Crippen molar-refractivity contribution in [2.75, 3.05) is 5.32 Å². The Bertz CT molecular complexity index is 430. The lowest BCUT2D eigenvalue weighted by molar-refractivity contribution is -0.140. The van der Waals surface area contributed by atoms with Gasteiger partial charge in [0, 0.05) is 13.2 Å². The average Bonchev–Trinajstić information content (AvgIpc) is 2.70. The number of aromatic nitrogens is 2. The Morgan fingerprint density at radius 3 is 2.67 bits per heavy atom. The zero-order valence-electron chi connectivity index (χ0n) is 10.7. The second kappa shape index (κ2) is 6.04. The van der Waals surface area contributed by atoms with E-state index in [4.69, 9.17) is 5.11 Å². The third-order valence-electron chi connectivity index (χ3n) is 2.73. The Labute approximate surface area is 105 Å². The van der Waals surface area contributed by atoms with Crippen molar-refractivity contribution in [3.63, 3.8) is 0 Å². The van der Waals surface area contributed by atoms with Gasteiger partial charge in [0.05, 0.1) is 11.9 Å². The van der Waals surface area contributed by atoms with Crippen molar-refractivity contribution in [1.82, 2.24) is 15.1 Å². The van der Waals surface area contributed by atoms with Crippen molar-refractivity contribution in [2.24, 2.45) is 13.0 Å². The molecule has 0 saturated carbocycles. The zero-order chi connectivity index (χ0) is 13.7. The lowest BCUT2D eigenvalue weighted by atomic mass is 9.99. The molecule has 0 aliphatic heterocycles. The molecule has 0 unspecified atom stereocenters. The van der Waals surface area contributed by atoms with Crippen LogP contribution in [0.4, 0.5) is 10.5 Å². The molecule has 1 heterocycles. The summed E-state index contributed by atoms with van der Waals surface area (Å²) in [5.41, 5.74) is 0.517. The van der Waals surface area contributed by atoms with Crippen LogP contribution in [0.15, 0.2) is 12.4 Å². The van der Waals surface area contributed by atoms with Crippen LogP contribution < -0.4 is 10.6 Å². The average molecular weight is 254 g/mol. The summed E-state index contributed by atoms with van der Waals surface area (Å²) in [6.45, 7) is 3.66. The predicted octanol–water partition coefficient (Wildman–Crippen LogP) is 1.04. The monoisotopic (exact) mass is 254 g/mol. The second-order valence-corrected chi connectivity index (χ2v) is 4.20. The topological polar surface area (TPSA) is 96.3 Å². The normalized spacial score (nSPS) is 13.7. The van der Waals surface area contributed by atoms with Crippen LogP contribution in [0.1, 0.15) is 20.3 Å². The molecule has 0 aliphatic carbocycles. The largest absolute Gasteiger partial charge is 0.480 e. The van der Waals surface area contributed by atoms with Crippen molar-refractivity contribution in [3.8, 4) is 0 Å². The van der Waals surface area contributed by atoms with Crippen molar-refractivity contribution >= 4 is 17.7 Å². The summed E-state index contributed by atoms with van der Waals surface area (Å²) in [7, 11) is 1.72. The lowest BCUT2D eigenvalue weighted by Gasteiger charge is -2.20. The van der Waals surface area contributed by atoms with Crippen molar-refractivity contribution in [3.05, 3.63) is 12.4 Å². The Hall–Kier alpha value is -2.05. The van der Waals surface area contributed by atoms with E-state index < -0.39 is 18.0 Å². The molecule has 0 saturated heterocycles. The minimum absolute atomic E-state index is 0.137. The van der Waals surface area contributed by atoms with Crippen LogP contribution in [0.2, 0.25) is 0 Å². The molecule has 0 bridgehead atoms. The molecular weight excluding hydrogens is 236 g/mol. The number of nitrogens with zero attached hydrogens (tertiary/aromatic N) is 2. The first-order valence-electron chi connectivity index (χ1n) is 5.73. The number of aliphatic carboxylic acids is 1. The number of carbonyl (C=O) groups excluding carboxylic acids is 1. The summed E-state index contributed by atoms with van der Waals surface area (Å²) in [5.74, 6) is -1.17. The van der Waals surface area contributed by atoms with Gasteiger partial charge in [-0.25, -0.2) is 9.59 Å². The zero-order valence-corrected chi connectivity index (χ0v) is 10.7. The van der Waals surface area contributed by atoms with Gasteiger partial charge in [-0.05, 0) is 5.92 Å². The maximum absolute atomic E-state index is 11.6. The highest BCUT2D eigenvalue weighted by molar-refractivity contribution is 5.92. The number of rotatable bonds is 5. The van der Waals surface area contributed by atoms with E-state index in [1.807, 2.05) is 6.92 Å². The molecule has 100 valence electrons. The summed E-state index contributed by atoms with van der Waals surface area (Å²) in [5, 5.41) is 17.9. The van der Waals surface area contributed by atoms with Crippen LogP contribution >= 0.6 is 0 Å². The van der Waals surface area contributed by atoms with Crippen LogP contribution in [-0.2, 0) is 11.8 Å². The molecule has 2 amide bonds. The van der Waals surface area contributed by atoms with Gasteiger partial charge in [0.1, 0.15) is 6.04 Å². The van der Waals surface area contributed by atoms with Gasteiger partial charge in [0.2, 0.25) is 0 Å². The third-order valence-corrected chi connectivity index (χ3v) is 2.73. The van der Waals surface area contributed by atoms with E-state index in [0.717, 1.165) is 0 Å². The first-order valence-corrected chi connectivity index (χ1v) is 5.73. The van der Waals surface area contributed by atoms with E-state index in [2.05, 4.69) is 15.7 Å². The molecule has 3 N–H and O–H groups in total. The summed E-state index contributed by atoms with van der Waals surface area (Å²) in [6, 6.07) is -1.44. The number of anilines is 1. The molecule has 0 aliphatic rings. The number of aryl methyl sites for hydroxylation is 1. The molecule has 7 nitrogen and oxygen atoms in total. The van der Waals surface area contributed by atoms with Gasteiger partial charge in [-0.1, -0.05) is 20.3 Å². The predicted molar refractivity (Wildman–Crippen MR) is 66.2 cm³/mol. The van der Waals surface area contributed by atoms with Gasteiger partial charge in [0.25, 0.3) is 0 Å². The molecule has 18 heavy (non-hydrogen) atoms. The van der Waals surface area contributed by atoms with Crippen LogP contribution in [0.3, 0.4) is 0 Å². The van der Waals surface area contributed by atoms with Crippen molar-refractivity contribution in [2.45, 2.75) is 26.3 Å². The quantitative estimate of drug-likeness (QED) is 0.731. The fourth-order valence-electron chi connectivity index (χ4n) is 1.48. The van der Waals surface area contributed by atoms with Gasteiger partial charge in [-0.15, -0.1) is 0 Å². The Morgan fingerprint density at radius 2 is 2.22 bits per heavy atom. The van der Waals surface area contributed by atoms with E-state index in [9.17, 15) is 9.59 Å². The number of carboxylic acids is 1. The lowest BCUT2D eigenvalue weighted by Crippen LogP contribution is -2.46. The SMILES string of the molecule is CC[C@H](C)[C@H](NC(=O)Nc1cnn(C)c1)C(=O)O. The summed E-state index contributed by atoms with van der Waals surface area (Å²) in [4.78, 5) is 22.7. The molecule has 0 fully saturated rings. The number of urea groups is 1. The molecule has 0 spiro atoms. The van der Waals surface area contributed by atoms with Crippen LogP contribution in [0.5, 0.6) is 0 Å². The molecular formula is C11H18N4O3. The Balaban J connectivity index is 2.59. The summed E-state index contributed by atoms with van der Waals surface area (Å²) in [6.07, 6.45) is 3.78. The summed E-state index contributed by atoms with van der Waals surface area (Å²) >= 11 is 0. The highest BCUT2D eigenvalue weighted by Crippen LogP contribution is 2.09. The van der Waals surface area contributed by atoms with Gasteiger partial charge in [-0.3, -0.25) is 4.68 Å². The van der Waals surface area contributed by atoms with Crippen molar-refractivity contribution in [1.29, 1.82) is 0 Å². The van der Waals surface area contributed by atoms with E-state index in [1.54, 1.807) is 24.9 Å². The first-order chi connectivity index (χ1) is 8.43. The number of carboxylic acid groups (broad SMARTS) is 1. The molecule has 1 aromatic heterocycles. The molecule has 1 rings (SSSR count). The maximum Gasteiger partial charge on any atom is 0.326 e. The van der Waals surface area contributed by atoms with Gasteiger partial charge < -0.3 is 15.7 Å². The van der Waals surface area contributed by atoms with Gasteiger partial charge >= 0.3 is 12.0 Å². The number of hydrogen-bond donors (Lipinski definition) is 3. The van der Waals surface area contributed by atoms with Crippen molar-refractivity contribution < 1.29 is 14.7 Å². The molecule has 0 aromatic carbocycles. The minimum atomic E-state index is -1.04. The van der Waals surface area contributed by atoms with E-state index in [1.165, 1.54) is 6.20 Å². The fourth-order valence-corrected chi connectivity index (χ4v) is 1.48. The van der Waals surface area contributed by atoms with Crippen LogP contribution in [0.25, 0.3) is 0 Å². The molecule has 0 radical (unpaired) electrons. The van der Waals surface area contributed by atoms with Crippen LogP contribution in [0, 0.1) is 5.92 Å². The smallest absolute Gasteiger partial charge is 0.326 e. The number of hydrogen-bond acceptors (Lipinski definition) is 3. The van der Waals surface area contributed by atoms with Gasteiger partial charge in [0.15, 0.2) is 0 Å². The highest BCUT2D eigenvalue weighted by Gasteiger charge is 2.25. The van der Waals surface area contributed by atoms with E-state index in [-0.39, 0.29) is 5.92 Å². The van der Waals surface area contributed by atoms with E-state index >= 15 is 0 Å². The Kier molecular flexibility index (Phi) is 4.70. The number of nitrogens with one attached hydrogen (secondary N) is 2. The highest BCUT2D eigenvalue weighted by atomic mass is 16.4. The molecule has 2 atom stereocenters. The van der Waals surface area contributed by atoms with Crippen LogP contribution in [-0.4, -0.2) is 32.9 Å². The Morgan fingerprint density at radius 1 is 1.56 bits per heavy atom. The fraction of sp³-hybridized carbons (Fsp3) is 0.545. The van der Waals surface area contributed by atoms with Gasteiger partial charge in [-0.2, -0.15) is 5.10 Å². The second-order valence-electron chi connectivity index (χ2n) is 4.20. The standard InChI is InChI=1S/C11H18N4O3/c1-4-7(2)9(10(16)17)14-11(18)13-8-5-12-15(3)6-8/h5-7,9H,4H2,1-3H3,(H,16,17)(H2,13,14,18)/t7-,9-/m0/s1. The first kappa shape index (κ1) is 14.0.